The van der Waals surface area contributed by atoms with E-state index >= 15 is 0 Å². The van der Waals surface area contributed by atoms with Crippen molar-refractivity contribution in [3.8, 4) is 11.5 Å². The summed E-state index contributed by atoms with van der Waals surface area (Å²) in [7, 11) is 0. The van der Waals surface area contributed by atoms with E-state index in [1.54, 1.807) is 12.1 Å². The fourth-order valence-electron chi connectivity index (χ4n) is 1.38. The molecular weight excluding hydrogens is 285 g/mol. The Morgan fingerprint density at radius 3 is 2.41 bits per heavy atom. The first-order valence-corrected chi connectivity index (χ1v) is 5.90. The van der Waals surface area contributed by atoms with Crippen molar-refractivity contribution in [1.29, 1.82) is 0 Å². The monoisotopic (exact) mass is 295 g/mol. The Balaban J connectivity index is 2.21. The standard InChI is InChI=1S/C13H11BrFNO/c14-12-7-9(8-16)1-6-13(12)17-11-4-2-10(15)3-5-11/h1-7H,8,16H2. The van der Waals surface area contributed by atoms with E-state index in [-0.39, 0.29) is 5.82 Å². The zero-order valence-electron chi connectivity index (χ0n) is 8.99. The van der Waals surface area contributed by atoms with Crippen LogP contribution in [0.15, 0.2) is 46.9 Å². The van der Waals surface area contributed by atoms with E-state index in [0.29, 0.717) is 18.0 Å². The third-order valence-electron chi connectivity index (χ3n) is 2.27. The highest BCUT2D eigenvalue weighted by molar-refractivity contribution is 9.10. The number of ether oxygens (including phenoxy) is 1. The normalized spacial score (nSPS) is 10.3. The topological polar surface area (TPSA) is 35.2 Å². The van der Waals surface area contributed by atoms with Crippen molar-refractivity contribution in [3.63, 3.8) is 0 Å². The summed E-state index contributed by atoms with van der Waals surface area (Å²) >= 11 is 3.41. The predicted octanol–water partition coefficient (Wildman–Crippen LogP) is 3.84. The Hall–Kier alpha value is -1.39. The van der Waals surface area contributed by atoms with Crippen LogP contribution in [0.5, 0.6) is 11.5 Å². The molecule has 0 aromatic heterocycles. The van der Waals surface area contributed by atoms with Crippen molar-refractivity contribution >= 4 is 15.9 Å². The highest BCUT2D eigenvalue weighted by Crippen LogP contribution is 2.30. The van der Waals surface area contributed by atoms with Crippen LogP contribution in [0.3, 0.4) is 0 Å². The van der Waals surface area contributed by atoms with Crippen LogP contribution >= 0.6 is 15.9 Å². The fraction of sp³-hybridized carbons (Fsp3) is 0.0769. The average molecular weight is 296 g/mol. The van der Waals surface area contributed by atoms with Gasteiger partial charge >= 0.3 is 0 Å². The van der Waals surface area contributed by atoms with Crippen molar-refractivity contribution in [2.75, 3.05) is 0 Å². The van der Waals surface area contributed by atoms with Gasteiger partial charge in [0, 0.05) is 6.54 Å². The van der Waals surface area contributed by atoms with E-state index < -0.39 is 0 Å². The van der Waals surface area contributed by atoms with Crippen molar-refractivity contribution in [1.82, 2.24) is 0 Å². The molecule has 0 spiro atoms. The first-order chi connectivity index (χ1) is 8.19. The quantitative estimate of drug-likeness (QED) is 0.934. The van der Waals surface area contributed by atoms with Gasteiger partial charge < -0.3 is 10.5 Å². The fourth-order valence-corrected chi connectivity index (χ4v) is 1.89. The molecule has 0 aliphatic heterocycles. The van der Waals surface area contributed by atoms with E-state index in [2.05, 4.69) is 15.9 Å². The summed E-state index contributed by atoms with van der Waals surface area (Å²) in [6.07, 6.45) is 0. The highest BCUT2D eigenvalue weighted by Gasteiger charge is 2.03. The van der Waals surface area contributed by atoms with Gasteiger partial charge in [0.1, 0.15) is 17.3 Å². The first kappa shape index (κ1) is 12.1. The molecule has 2 N–H and O–H groups in total. The SMILES string of the molecule is NCc1ccc(Oc2ccc(F)cc2)c(Br)c1. The van der Waals surface area contributed by atoms with Crippen LogP contribution in [-0.2, 0) is 6.54 Å². The van der Waals surface area contributed by atoms with Crippen LogP contribution in [0.4, 0.5) is 4.39 Å². The van der Waals surface area contributed by atoms with Crippen LogP contribution in [0.25, 0.3) is 0 Å². The second-order valence-corrected chi connectivity index (χ2v) is 4.38. The lowest BCUT2D eigenvalue weighted by molar-refractivity contribution is 0.477. The summed E-state index contributed by atoms with van der Waals surface area (Å²) < 4.78 is 19.2. The minimum atomic E-state index is -0.283. The predicted molar refractivity (Wildman–Crippen MR) is 68.5 cm³/mol. The molecule has 17 heavy (non-hydrogen) atoms. The Labute approximate surface area is 107 Å². The molecule has 0 unspecified atom stereocenters. The van der Waals surface area contributed by atoms with Crippen LogP contribution in [0.1, 0.15) is 5.56 Å². The Morgan fingerprint density at radius 1 is 1.12 bits per heavy atom. The van der Waals surface area contributed by atoms with Crippen molar-refractivity contribution in [2.45, 2.75) is 6.54 Å². The highest BCUT2D eigenvalue weighted by atomic mass is 79.9. The maximum Gasteiger partial charge on any atom is 0.141 e. The molecule has 2 aromatic rings. The van der Waals surface area contributed by atoms with Gasteiger partial charge in [-0.25, -0.2) is 4.39 Å². The summed E-state index contributed by atoms with van der Waals surface area (Å²) in [6, 6.07) is 11.5. The van der Waals surface area contributed by atoms with E-state index in [4.69, 9.17) is 10.5 Å². The molecule has 0 fully saturated rings. The molecule has 2 nitrogen and oxygen atoms in total. The van der Waals surface area contributed by atoms with Gasteiger partial charge in [0.15, 0.2) is 0 Å². The Bertz CT molecular complexity index is 513. The van der Waals surface area contributed by atoms with Gasteiger partial charge in [0.2, 0.25) is 0 Å². The minimum absolute atomic E-state index is 0.283. The molecule has 0 bridgehead atoms. The molecule has 0 aliphatic rings. The van der Waals surface area contributed by atoms with Gasteiger partial charge in [-0.2, -0.15) is 0 Å². The number of halogens is 2. The second-order valence-electron chi connectivity index (χ2n) is 3.52. The molecular formula is C13H11BrFNO. The van der Waals surface area contributed by atoms with Gasteiger partial charge in [0.05, 0.1) is 4.47 Å². The molecule has 4 heteroatoms. The third-order valence-corrected chi connectivity index (χ3v) is 2.89. The summed E-state index contributed by atoms with van der Waals surface area (Å²) in [6.45, 7) is 0.482. The Morgan fingerprint density at radius 2 is 1.82 bits per heavy atom. The summed E-state index contributed by atoms with van der Waals surface area (Å²) in [5.74, 6) is 0.983. The molecule has 0 heterocycles. The molecule has 0 atom stereocenters. The molecule has 0 aliphatic carbocycles. The molecule has 88 valence electrons. The second kappa shape index (κ2) is 5.29. The summed E-state index contributed by atoms with van der Waals surface area (Å²) in [4.78, 5) is 0. The van der Waals surface area contributed by atoms with Crippen LogP contribution < -0.4 is 10.5 Å². The molecule has 0 amide bonds. The van der Waals surface area contributed by atoms with Crippen LogP contribution in [-0.4, -0.2) is 0 Å². The zero-order valence-corrected chi connectivity index (χ0v) is 10.6. The average Bonchev–Trinajstić information content (AvgIpc) is 2.34. The lowest BCUT2D eigenvalue weighted by Crippen LogP contribution is -1.96. The van der Waals surface area contributed by atoms with Gasteiger partial charge in [-0.3, -0.25) is 0 Å². The number of hydrogen-bond acceptors (Lipinski definition) is 2. The summed E-state index contributed by atoms with van der Waals surface area (Å²) in [5, 5.41) is 0. The number of benzene rings is 2. The van der Waals surface area contributed by atoms with E-state index in [1.807, 2.05) is 18.2 Å². The number of hydrogen-bond donors (Lipinski definition) is 1. The van der Waals surface area contributed by atoms with Crippen molar-refractivity contribution in [2.24, 2.45) is 5.73 Å². The van der Waals surface area contributed by atoms with Gasteiger partial charge in [-0.05, 0) is 57.9 Å². The molecule has 2 rings (SSSR count). The molecule has 0 saturated carbocycles. The Kier molecular flexibility index (Phi) is 3.76. The largest absolute Gasteiger partial charge is 0.456 e. The molecule has 0 saturated heterocycles. The maximum atomic E-state index is 12.7. The lowest BCUT2D eigenvalue weighted by atomic mass is 10.2. The van der Waals surface area contributed by atoms with E-state index in [1.165, 1.54) is 12.1 Å². The van der Waals surface area contributed by atoms with Gasteiger partial charge in [-0.15, -0.1) is 0 Å². The first-order valence-electron chi connectivity index (χ1n) is 5.11. The van der Waals surface area contributed by atoms with Gasteiger partial charge in [0.25, 0.3) is 0 Å². The molecule has 2 aromatic carbocycles. The van der Waals surface area contributed by atoms with E-state index in [9.17, 15) is 4.39 Å². The molecule has 0 radical (unpaired) electrons. The van der Waals surface area contributed by atoms with Crippen LogP contribution in [0, 0.1) is 5.82 Å². The number of nitrogens with two attached hydrogens (primary N) is 1. The van der Waals surface area contributed by atoms with E-state index in [0.717, 1.165) is 10.0 Å². The van der Waals surface area contributed by atoms with Crippen molar-refractivity contribution < 1.29 is 9.13 Å². The minimum Gasteiger partial charge on any atom is -0.456 e. The smallest absolute Gasteiger partial charge is 0.141 e. The third kappa shape index (κ3) is 3.05. The maximum absolute atomic E-state index is 12.7. The lowest BCUT2D eigenvalue weighted by Gasteiger charge is -2.08. The van der Waals surface area contributed by atoms with Gasteiger partial charge in [-0.1, -0.05) is 6.07 Å². The van der Waals surface area contributed by atoms with Crippen molar-refractivity contribution in [3.05, 3.63) is 58.3 Å². The van der Waals surface area contributed by atoms with Crippen LogP contribution in [0.2, 0.25) is 0 Å². The zero-order chi connectivity index (χ0) is 12.3. The summed E-state index contributed by atoms with van der Waals surface area (Å²) in [5.41, 5.74) is 6.55. The number of rotatable bonds is 3.